The molecule has 118 valence electrons. The molecule has 0 bridgehead atoms. The third kappa shape index (κ3) is 4.77. The quantitative estimate of drug-likeness (QED) is 0.868. The zero-order chi connectivity index (χ0) is 15.2. The summed E-state index contributed by atoms with van der Waals surface area (Å²) < 4.78 is 0. The van der Waals surface area contributed by atoms with Crippen LogP contribution in [0.15, 0.2) is 24.5 Å². The Hall–Kier alpha value is -0.970. The van der Waals surface area contributed by atoms with Gasteiger partial charge < -0.3 is 10.2 Å². The van der Waals surface area contributed by atoms with Crippen LogP contribution in [-0.4, -0.2) is 60.6 Å². The van der Waals surface area contributed by atoms with Crippen molar-refractivity contribution in [1.82, 2.24) is 20.1 Å². The number of likely N-dealkylation sites (N-methyl/N-ethyl adjacent to an activating group) is 1. The van der Waals surface area contributed by atoms with Crippen molar-refractivity contribution in [2.45, 2.75) is 32.9 Å². The first kappa shape index (κ1) is 16.4. The molecule has 0 aliphatic carbocycles. The summed E-state index contributed by atoms with van der Waals surface area (Å²) in [5, 5.41) is 3.71. The molecule has 2 unspecified atom stereocenters. The van der Waals surface area contributed by atoms with Crippen LogP contribution in [0.1, 0.15) is 32.4 Å². The van der Waals surface area contributed by atoms with E-state index in [9.17, 15) is 0 Å². The molecule has 1 saturated heterocycles. The fraction of sp³-hybridized carbons (Fsp3) is 0.706. The van der Waals surface area contributed by atoms with Crippen LogP contribution < -0.4 is 5.32 Å². The van der Waals surface area contributed by atoms with Crippen LogP contribution in [0.5, 0.6) is 0 Å². The zero-order valence-corrected chi connectivity index (χ0v) is 13.9. The lowest BCUT2D eigenvalue weighted by atomic mass is 10.0. The molecule has 0 saturated carbocycles. The third-order valence-corrected chi connectivity index (χ3v) is 4.62. The fourth-order valence-electron chi connectivity index (χ4n) is 3.01. The van der Waals surface area contributed by atoms with Crippen molar-refractivity contribution in [3.05, 3.63) is 30.1 Å². The van der Waals surface area contributed by atoms with Gasteiger partial charge in [0.25, 0.3) is 0 Å². The molecule has 2 rings (SSSR count). The molecule has 0 radical (unpaired) electrons. The largest absolute Gasteiger partial charge is 0.309 e. The van der Waals surface area contributed by atoms with E-state index in [-0.39, 0.29) is 0 Å². The van der Waals surface area contributed by atoms with Gasteiger partial charge in [-0.3, -0.25) is 9.88 Å². The minimum Gasteiger partial charge on any atom is -0.309 e. The number of nitrogens with zero attached hydrogens (tertiary/aromatic N) is 3. The predicted octanol–water partition coefficient (Wildman–Crippen LogP) is 2.00. The van der Waals surface area contributed by atoms with Crippen molar-refractivity contribution in [2.24, 2.45) is 5.92 Å². The summed E-state index contributed by atoms with van der Waals surface area (Å²) in [6.45, 7) is 12.7. The first-order valence-electron chi connectivity index (χ1n) is 8.14. The lowest BCUT2D eigenvalue weighted by molar-refractivity contribution is 0.0863. The van der Waals surface area contributed by atoms with Crippen LogP contribution in [0.4, 0.5) is 0 Å². The monoisotopic (exact) mass is 290 g/mol. The molecule has 1 aliphatic heterocycles. The summed E-state index contributed by atoms with van der Waals surface area (Å²) in [6.07, 6.45) is 3.74. The fourth-order valence-corrected chi connectivity index (χ4v) is 3.01. The lowest BCUT2D eigenvalue weighted by Crippen LogP contribution is -2.53. The molecule has 2 heterocycles. The summed E-state index contributed by atoms with van der Waals surface area (Å²) in [6, 6.07) is 5.18. The van der Waals surface area contributed by atoms with Crippen molar-refractivity contribution in [2.75, 3.05) is 39.8 Å². The number of hydrogen-bond donors (Lipinski definition) is 1. The van der Waals surface area contributed by atoms with Gasteiger partial charge in [-0.2, -0.15) is 0 Å². The number of nitrogens with one attached hydrogen (secondary N) is 1. The first-order valence-corrected chi connectivity index (χ1v) is 8.14. The Labute approximate surface area is 129 Å². The second kappa shape index (κ2) is 7.87. The molecule has 1 fully saturated rings. The van der Waals surface area contributed by atoms with Crippen molar-refractivity contribution >= 4 is 0 Å². The van der Waals surface area contributed by atoms with E-state index >= 15 is 0 Å². The van der Waals surface area contributed by atoms with Crippen molar-refractivity contribution in [3.8, 4) is 0 Å². The smallest absolute Gasteiger partial charge is 0.0293 e. The van der Waals surface area contributed by atoms with Crippen molar-refractivity contribution in [1.29, 1.82) is 0 Å². The Kier molecular flexibility index (Phi) is 6.15. The van der Waals surface area contributed by atoms with Crippen molar-refractivity contribution in [3.63, 3.8) is 0 Å². The average Bonchev–Trinajstić information content (AvgIpc) is 2.49. The number of rotatable bonds is 6. The molecule has 2 atom stereocenters. The molecular weight excluding hydrogens is 260 g/mol. The minimum absolute atomic E-state index is 0.377. The summed E-state index contributed by atoms with van der Waals surface area (Å²) in [5.41, 5.74) is 1.31. The highest BCUT2D eigenvalue weighted by Gasteiger charge is 2.25. The molecule has 21 heavy (non-hydrogen) atoms. The van der Waals surface area contributed by atoms with Crippen LogP contribution in [0.2, 0.25) is 0 Å². The molecule has 1 aromatic heterocycles. The normalized spacial score (nSPS) is 20.6. The molecule has 4 nitrogen and oxygen atoms in total. The highest BCUT2D eigenvalue weighted by molar-refractivity contribution is 5.13. The van der Waals surface area contributed by atoms with Gasteiger partial charge in [0.2, 0.25) is 0 Å². The predicted molar refractivity (Wildman–Crippen MR) is 88.4 cm³/mol. The van der Waals surface area contributed by atoms with E-state index in [4.69, 9.17) is 0 Å². The Morgan fingerprint density at radius 1 is 1.10 bits per heavy atom. The number of pyridine rings is 1. The van der Waals surface area contributed by atoms with Crippen molar-refractivity contribution < 1.29 is 0 Å². The maximum absolute atomic E-state index is 4.09. The van der Waals surface area contributed by atoms with Crippen LogP contribution >= 0.6 is 0 Å². The van der Waals surface area contributed by atoms with Crippen LogP contribution in [0.3, 0.4) is 0 Å². The van der Waals surface area contributed by atoms with Gasteiger partial charge in [-0.1, -0.05) is 13.8 Å². The van der Waals surface area contributed by atoms with E-state index in [1.54, 1.807) is 0 Å². The van der Waals surface area contributed by atoms with Gasteiger partial charge in [-0.15, -0.1) is 0 Å². The van der Waals surface area contributed by atoms with Crippen LogP contribution in [-0.2, 0) is 0 Å². The van der Waals surface area contributed by atoms with Gasteiger partial charge >= 0.3 is 0 Å². The third-order valence-electron chi connectivity index (χ3n) is 4.62. The molecule has 1 aromatic rings. The van der Waals surface area contributed by atoms with Gasteiger partial charge in [0, 0.05) is 57.2 Å². The Balaban J connectivity index is 1.88. The SMILES string of the molecule is CC(NCC(C(C)C)N1CCN(C)CC1)c1ccncc1. The Bertz CT molecular complexity index is 399. The highest BCUT2D eigenvalue weighted by atomic mass is 15.3. The second-order valence-corrected chi connectivity index (χ2v) is 6.56. The summed E-state index contributed by atoms with van der Waals surface area (Å²) >= 11 is 0. The van der Waals surface area contributed by atoms with Gasteiger partial charge in [-0.05, 0) is 37.6 Å². The summed E-state index contributed by atoms with van der Waals surface area (Å²) in [7, 11) is 2.21. The zero-order valence-electron chi connectivity index (χ0n) is 13.9. The molecule has 1 aliphatic rings. The summed E-state index contributed by atoms with van der Waals surface area (Å²) in [4.78, 5) is 9.16. The van der Waals surface area contributed by atoms with Gasteiger partial charge in [-0.25, -0.2) is 0 Å². The van der Waals surface area contributed by atoms with Gasteiger partial charge in [0.1, 0.15) is 0 Å². The van der Waals surface area contributed by atoms with E-state index in [2.05, 4.69) is 60.1 Å². The highest BCUT2D eigenvalue weighted by Crippen LogP contribution is 2.15. The Morgan fingerprint density at radius 3 is 2.29 bits per heavy atom. The lowest BCUT2D eigenvalue weighted by Gasteiger charge is -2.40. The van der Waals surface area contributed by atoms with Crippen LogP contribution in [0, 0.1) is 5.92 Å². The standard InChI is InChI=1S/C17H30N4/c1-14(2)17(21-11-9-20(4)10-12-21)13-19-15(3)16-5-7-18-8-6-16/h5-8,14-15,17,19H,9-13H2,1-4H3. The summed E-state index contributed by atoms with van der Waals surface area (Å²) in [5.74, 6) is 0.672. The maximum Gasteiger partial charge on any atom is 0.0293 e. The molecule has 0 amide bonds. The number of hydrogen-bond acceptors (Lipinski definition) is 4. The average molecular weight is 290 g/mol. The molecular formula is C17H30N4. The van der Waals surface area contributed by atoms with E-state index < -0.39 is 0 Å². The van der Waals surface area contributed by atoms with E-state index in [1.807, 2.05) is 12.4 Å². The van der Waals surface area contributed by atoms with E-state index in [1.165, 1.54) is 31.7 Å². The second-order valence-electron chi connectivity index (χ2n) is 6.56. The molecule has 1 N–H and O–H groups in total. The van der Waals surface area contributed by atoms with E-state index in [0.29, 0.717) is 18.0 Å². The Morgan fingerprint density at radius 2 is 1.71 bits per heavy atom. The van der Waals surface area contributed by atoms with E-state index in [0.717, 1.165) is 6.54 Å². The topological polar surface area (TPSA) is 31.4 Å². The number of piperazine rings is 1. The maximum atomic E-state index is 4.09. The molecule has 4 heteroatoms. The molecule has 0 aromatic carbocycles. The number of aromatic nitrogens is 1. The van der Waals surface area contributed by atoms with Gasteiger partial charge in [0.15, 0.2) is 0 Å². The molecule has 0 spiro atoms. The van der Waals surface area contributed by atoms with Gasteiger partial charge in [0.05, 0.1) is 0 Å². The first-order chi connectivity index (χ1) is 10.1. The minimum atomic E-state index is 0.377. The van der Waals surface area contributed by atoms with Crippen LogP contribution in [0.25, 0.3) is 0 Å².